The Balaban J connectivity index is 2.02. The minimum atomic E-state index is -0.626. The summed E-state index contributed by atoms with van der Waals surface area (Å²) in [4.78, 5) is 39.3. The molecule has 2 aromatic heterocycles. The Morgan fingerprint density at radius 3 is 2.58 bits per heavy atom. The van der Waals surface area contributed by atoms with Crippen molar-refractivity contribution in [2.45, 2.75) is 20.8 Å². The third-order valence-electron chi connectivity index (χ3n) is 3.27. The molecule has 0 fully saturated rings. The number of thiophene rings is 1. The predicted molar refractivity (Wildman–Crippen MR) is 89.5 cm³/mol. The topological polar surface area (TPSA) is 97.5 Å². The van der Waals surface area contributed by atoms with Gasteiger partial charge >= 0.3 is 11.9 Å². The van der Waals surface area contributed by atoms with Crippen molar-refractivity contribution >= 4 is 34.2 Å². The number of aryl methyl sites for hydroxylation is 1. The predicted octanol–water partition coefficient (Wildman–Crippen LogP) is 2.67. The van der Waals surface area contributed by atoms with Gasteiger partial charge in [0.25, 0.3) is 5.91 Å². The highest BCUT2D eigenvalue weighted by Crippen LogP contribution is 2.32. The molecular weight excluding hydrogens is 332 g/mol. The molecule has 0 saturated carbocycles. The Labute approximate surface area is 143 Å². The van der Waals surface area contributed by atoms with Crippen molar-refractivity contribution in [1.29, 1.82) is 0 Å². The van der Waals surface area contributed by atoms with Gasteiger partial charge in [-0.2, -0.15) is 0 Å². The molecule has 24 heavy (non-hydrogen) atoms. The number of anilines is 1. The first kappa shape index (κ1) is 17.7. The fraction of sp³-hybridized carbons (Fsp3) is 0.312. The zero-order chi connectivity index (χ0) is 17.7. The lowest BCUT2D eigenvalue weighted by molar-refractivity contribution is -0.119. The van der Waals surface area contributed by atoms with Crippen molar-refractivity contribution in [2.75, 3.05) is 18.5 Å². The van der Waals surface area contributed by atoms with Crippen LogP contribution in [0.25, 0.3) is 0 Å². The number of H-pyrrole nitrogens is 1. The van der Waals surface area contributed by atoms with Gasteiger partial charge < -0.3 is 19.8 Å². The molecule has 2 N–H and O–H groups in total. The van der Waals surface area contributed by atoms with E-state index in [-0.39, 0.29) is 12.3 Å². The van der Waals surface area contributed by atoms with Gasteiger partial charge in [0.2, 0.25) is 0 Å². The van der Waals surface area contributed by atoms with E-state index >= 15 is 0 Å². The van der Waals surface area contributed by atoms with Gasteiger partial charge in [-0.1, -0.05) is 0 Å². The third kappa shape index (κ3) is 4.02. The van der Waals surface area contributed by atoms with Crippen LogP contribution in [-0.4, -0.2) is 36.0 Å². The van der Waals surface area contributed by atoms with Gasteiger partial charge in [-0.3, -0.25) is 4.79 Å². The zero-order valence-corrected chi connectivity index (χ0v) is 14.4. The largest absolute Gasteiger partial charge is 0.462 e. The highest BCUT2D eigenvalue weighted by Gasteiger charge is 2.22. The molecule has 0 atom stereocenters. The SMILES string of the molecule is CCOC(=O)c1c(NC(=O)COC(=O)c2ccc[nH]2)sc(C)c1C. The maximum absolute atomic E-state index is 12.0. The van der Waals surface area contributed by atoms with Gasteiger partial charge in [-0.25, -0.2) is 9.59 Å². The average Bonchev–Trinajstić information content (AvgIpc) is 3.15. The first-order chi connectivity index (χ1) is 11.4. The molecule has 7 nitrogen and oxygen atoms in total. The standard InChI is InChI=1S/C16H18N2O5S/c1-4-22-16(21)13-9(2)10(3)24-14(13)18-12(19)8-23-15(20)11-6-5-7-17-11/h5-7,17H,4,8H2,1-3H3,(H,18,19). The molecule has 0 unspecified atom stereocenters. The van der Waals surface area contributed by atoms with Gasteiger partial charge in [0, 0.05) is 11.1 Å². The van der Waals surface area contributed by atoms with E-state index in [1.54, 1.807) is 32.2 Å². The number of aromatic nitrogens is 1. The molecule has 2 heterocycles. The molecule has 1 amide bonds. The summed E-state index contributed by atoms with van der Waals surface area (Å²) in [6.07, 6.45) is 1.58. The van der Waals surface area contributed by atoms with E-state index in [1.807, 2.05) is 6.92 Å². The lowest BCUT2D eigenvalue weighted by Crippen LogP contribution is -2.22. The molecule has 128 valence electrons. The maximum atomic E-state index is 12.0. The third-order valence-corrected chi connectivity index (χ3v) is 4.39. The van der Waals surface area contributed by atoms with Crippen LogP contribution in [0.1, 0.15) is 38.2 Å². The Bertz CT molecular complexity index is 749. The Hall–Kier alpha value is -2.61. The van der Waals surface area contributed by atoms with Gasteiger partial charge in [-0.15, -0.1) is 11.3 Å². The molecule has 0 bridgehead atoms. The monoisotopic (exact) mass is 350 g/mol. The summed E-state index contributed by atoms with van der Waals surface area (Å²) in [7, 11) is 0. The molecule has 0 radical (unpaired) electrons. The van der Waals surface area contributed by atoms with Gasteiger partial charge in [-0.05, 0) is 38.5 Å². The van der Waals surface area contributed by atoms with Crippen LogP contribution in [0, 0.1) is 13.8 Å². The van der Waals surface area contributed by atoms with Crippen molar-refractivity contribution in [3.8, 4) is 0 Å². The number of carbonyl (C=O) groups is 3. The lowest BCUT2D eigenvalue weighted by Gasteiger charge is -2.07. The number of hydrogen-bond acceptors (Lipinski definition) is 6. The first-order valence-corrected chi connectivity index (χ1v) is 8.13. The second-order valence-corrected chi connectivity index (χ2v) is 6.14. The summed E-state index contributed by atoms with van der Waals surface area (Å²) in [5, 5.41) is 3.00. The van der Waals surface area contributed by atoms with Crippen LogP contribution >= 0.6 is 11.3 Å². The molecule has 0 saturated heterocycles. The minimum Gasteiger partial charge on any atom is -0.462 e. The maximum Gasteiger partial charge on any atom is 0.355 e. The van der Waals surface area contributed by atoms with E-state index in [2.05, 4.69) is 10.3 Å². The van der Waals surface area contributed by atoms with E-state index in [1.165, 1.54) is 11.3 Å². The molecule has 0 spiro atoms. The number of rotatable bonds is 6. The Kier molecular flexibility index (Phi) is 5.75. The zero-order valence-electron chi connectivity index (χ0n) is 13.6. The van der Waals surface area contributed by atoms with E-state index in [9.17, 15) is 14.4 Å². The van der Waals surface area contributed by atoms with Crippen LogP contribution in [0.2, 0.25) is 0 Å². The smallest absolute Gasteiger partial charge is 0.355 e. The number of aromatic amines is 1. The molecule has 0 aromatic carbocycles. The van der Waals surface area contributed by atoms with E-state index < -0.39 is 24.5 Å². The minimum absolute atomic E-state index is 0.244. The second-order valence-electron chi connectivity index (χ2n) is 4.92. The summed E-state index contributed by atoms with van der Waals surface area (Å²) in [6, 6.07) is 3.20. The molecule has 0 aliphatic rings. The van der Waals surface area contributed by atoms with E-state index in [0.29, 0.717) is 10.6 Å². The fourth-order valence-corrected chi connectivity index (χ4v) is 3.06. The van der Waals surface area contributed by atoms with Gasteiger partial charge in [0.05, 0.1) is 12.2 Å². The fourth-order valence-electron chi connectivity index (χ4n) is 1.99. The molecule has 0 aliphatic carbocycles. The Morgan fingerprint density at radius 1 is 1.21 bits per heavy atom. The van der Waals surface area contributed by atoms with Gasteiger partial charge in [0.1, 0.15) is 10.7 Å². The summed E-state index contributed by atoms with van der Waals surface area (Å²) >= 11 is 1.28. The molecule has 8 heteroatoms. The molecular formula is C16H18N2O5S. The van der Waals surface area contributed by atoms with Crippen LogP contribution < -0.4 is 5.32 Å². The quantitative estimate of drug-likeness (QED) is 0.781. The van der Waals surface area contributed by atoms with Crippen molar-refractivity contribution in [3.63, 3.8) is 0 Å². The van der Waals surface area contributed by atoms with Crippen LogP contribution in [-0.2, 0) is 14.3 Å². The van der Waals surface area contributed by atoms with Crippen molar-refractivity contribution in [3.05, 3.63) is 40.0 Å². The van der Waals surface area contributed by atoms with Crippen molar-refractivity contribution < 1.29 is 23.9 Å². The molecule has 2 aromatic rings. The number of carbonyl (C=O) groups excluding carboxylic acids is 3. The highest BCUT2D eigenvalue weighted by molar-refractivity contribution is 7.16. The summed E-state index contributed by atoms with van der Waals surface area (Å²) in [6.45, 7) is 5.15. The number of ether oxygens (including phenoxy) is 2. The molecule has 0 aliphatic heterocycles. The highest BCUT2D eigenvalue weighted by atomic mass is 32.1. The first-order valence-electron chi connectivity index (χ1n) is 7.31. The number of hydrogen-bond donors (Lipinski definition) is 2. The van der Waals surface area contributed by atoms with Crippen molar-refractivity contribution in [2.24, 2.45) is 0 Å². The summed E-state index contributed by atoms with van der Waals surface area (Å²) in [5.74, 6) is -1.64. The van der Waals surface area contributed by atoms with Crippen LogP contribution in [0.15, 0.2) is 18.3 Å². The normalized spacial score (nSPS) is 10.3. The van der Waals surface area contributed by atoms with E-state index in [0.717, 1.165) is 10.4 Å². The molecule has 2 rings (SSSR count). The number of nitrogens with one attached hydrogen (secondary N) is 2. The van der Waals surface area contributed by atoms with Crippen LogP contribution in [0.4, 0.5) is 5.00 Å². The Morgan fingerprint density at radius 2 is 1.96 bits per heavy atom. The van der Waals surface area contributed by atoms with Crippen molar-refractivity contribution in [1.82, 2.24) is 4.98 Å². The number of esters is 2. The van der Waals surface area contributed by atoms with Crippen LogP contribution in [0.3, 0.4) is 0 Å². The average molecular weight is 350 g/mol. The van der Waals surface area contributed by atoms with Crippen LogP contribution in [0.5, 0.6) is 0 Å². The lowest BCUT2D eigenvalue weighted by atomic mass is 10.1. The van der Waals surface area contributed by atoms with Gasteiger partial charge in [0.15, 0.2) is 6.61 Å². The van der Waals surface area contributed by atoms with E-state index in [4.69, 9.17) is 9.47 Å². The summed E-state index contributed by atoms with van der Waals surface area (Å²) in [5.41, 5.74) is 1.36. The number of amides is 1. The second kappa shape index (κ2) is 7.78. The summed E-state index contributed by atoms with van der Waals surface area (Å²) < 4.78 is 9.93.